The summed E-state index contributed by atoms with van der Waals surface area (Å²) >= 11 is 12.0. The highest BCUT2D eigenvalue weighted by Gasteiger charge is 2.13. The van der Waals surface area contributed by atoms with Crippen LogP contribution in [0.4, 0.5) is 0 Å². The number of esters is 1. The molecule has 2 aromatic carbocycles. The second-order valence-corrected chi connectivity index (χ2v) is 10.9. The zero-order valence-electron chi connectivity index (χ0n) is 23.4. The highest BCUT2D eigenvalue weighted by molar-refractivity contribution is 6.36. The van der Waals surface area contributed by atoms with E-state index < -0.39 is 5.97 Å². The van der Waals surface area contributed by atoms with Gasteiger partial charge in [0.1, 0.15) is 5.75 Å². The Morgan fingerprint density at radius 3 is 1.97 bits per heavy atom. The highest BCUT2D eigenvalue weighted by Crippen LogP contribution is 2.23. The molecule has 39 heavy (non-hydrogen) atoms. The van der Waals surface area contributed by atoms with Gasteiger partial charge in [-0.25, -0.2) is 10.2 Å². The average molecular weight is 576 g/mol. The van der Waals surface area contributed by atoms with Crippen LogP contribution >= 0.6 is 23.2 Å². The Bertz CT molecular complexity index is 1030. The van der Waals surface area contributed by atoms with Gasteiger partial charge >= 0.3 is 5.97 Å². The fourth-order valence-corrected chi connectivity index (χ4v) is 4.85. The predicted octanol–water partition coefficient (Wildman–Crippen LogP) is 9.92. The number of hydrogen-bond donors (Lipinski definition) is 1. The van der Waals surface area contributed by atoms with Gasteiger partial charge in [-0.3, -0.25) is 4.79 Å². The van der Waals surface area contributed by atoms with Gasteiger partial charge < -0.3 is 4.74 Å². The van der Waals surface area contributed by atoms with Crippen molar-refractivity contribution < 1.29 is 14.3 Å². The molecule has 1 amide bonds. The van der Waals surface area contributed by atoms with Crippen molar-refractivity contribution >= 4 is 41.3 Å². The van der Waals surface area contributed by atoms with Crippen molar-refractivity contribution in [3.05, 3.63) is 63.6 Å². The maximum Gasteiger partial charge on any atom is 0.345 e. The topological polar surface area (TPSA) is 67.8 Å². The van der Waals surface area contributed by atoms with Crippen LogP contribution in [0.1, 0.15) is 126 Å². The van der Waals surface area contributed by atoms with Crippen molar-refractivity contribution in [3.8, 4) is 5.75 Å². The van der Waals surface area contributed by atoms with E-state index in [2.05, 4.69) is 17.5 Å². The Hall–Kier alpha value is -2.37. The Morgan fingerprint density at radius 2 is 1.38 bits per heavy atom. The van der Waals surface area contributed by atoms with E-state index in [1.54, 1.807) is 30.3 Å². The van der Waals surface area contributed by atoms with E-state index >= 15 is 0 Å². The number of nitrogens with one attached hydrogen (secondary N) is 1. The average Bonchev–Trinajstić information content (AvgIpc) is 2.91. The Morgan fingerprint density at radius 1 is 0.795 bits per heavy atom. The molecule has 0 aliphatic rings. The van der Waals surface area contributed by atoms with E-state index in [0.717, 1.165) is 12.8 Å². The van der Waals surface area contributed by atoms with Crippen LogP contribution in [-0.4, -0.2) is 18.1 Å². The smallest absolute Gasteiger partial charge is 0.345 e. The molecule has 0 unspecified atom stereocenters. The first-order chi connectivity index (χ1) is 19.0. The molecule has 0 saturated heterocycles. The van der Waals surface area contributed by atoms with E-state index in [1.165, 1.54) is 102 Å². The maximum atomic E-state index is 12.4. The molecule has 214 valence electrons. The first-order valence-electron chi connectivity index (χ1n) is 14.6. The number of unbranched alkanes of at least 4 members (excludes halogenated alkanes) is 14. The van der Waals surface area contributed by atoms with E-state index in [9.17, 15) is 9.59 Å². The van der Waals surface area contributed by atoms with Crippen LogP contribution in [0.3, 0.4) is 0 Å². The Labute approximate surface area is 244 Å². The van der Waals surface area contributed by atoms with Gasteiger partial charge in [-0.2, -0.15) is 5.10 Å². The monoisotopic (exact) mass is 574 g/mol. The number of benzene rings is 2. The molecular formula is C32H44Cl2N2O3. The van der Waals surface area contributed by atoms with E-state index in [1.807, 2.05) is 0 Å². The van der Waals surface area contributed by atoms with Gasteiger partial charge in [-0.05, 0) is 42.3 Å². The molecule has 0 bridgehead atoms. The van der Waals surface area contributed by atoms with Gasteiger partial charge in [0.15, 0.2) is 0 Å². The molecule has 0 saturated carbocycles. The fraction of sp³-hybridized carbons (Fsp3) is 0.531. The van der Waals surface area contributed by atoms with Gasteiger partial charge in [0.05, 0.1) is 16.8 Å². The van der Waals surface area contributed by atoms with Crippen LogP contribution in [0.5, 0.6) is 5.75 Å². The van der Waals surface area contributed by atoms with Crippen LogP contribution < -0.4 is 10.2 Å². The van der Waals surface area contributed by atoms with Crippen LogP contribution in [0.15, 0.2) is 47.6 Å². The van der Waals surface area contributed by atoms with E-state index in [0.29, 0.717) is 22.8 Å². The standard InChI is InChI=1S/C32H44Cl2N2O3/c1-2-3-4-5-6-7-8-9-10-11-12-13-14-15-16-20-31(37)36-35-25-26-18-17-19-28(23-26)39-32(38)29-22-21-27(33)24-30(29)34/h17-19,21-25H,2-16,20H2,1H3,(H,36,37). The van der Waals surface area contributed by atoms with Gasteiger partial charge in [0.25, 0.3) is 0 Å². The summed E-state index contributed by atoms with van der Waals surface area (Å²) in [4.78, 5) is 24.5. The molecule has 0 radical (unpaired) electrons. The lowest BCUT2D eigenvalue weighted by atomic mass is 10.0. The number of hydrazone groups is 1. The number of amides is 1. The van der Waals surface area contributed by atoms with Crippen molar-refractivity contribution in [1.82, 2.24) is 5.43 Å². The molecule has 1 N–H and O–H groups in total. The van der Waals surface area contributed by atoms with E-state index in [4.69, 9.17) is 27.9 Å². The van der Waals surface area contributed by atoms with Crippen LogP contribution in [0, 0.1) is 0 Å². The number of rotatable bonds is 20. The summed E-state index contributed by atoms with van der Waals surface area (Å²) in [7, 11) is 0. The summed E-state index contributed by atoms with van der Waals surface area (Å²) in [6, 6.07) is 11.5. The SMILES string of the molecule is CCCCCCCCCCCCCCCCCC(=O)NN=Cc1cccc(OC(=O)c2ccc(Cl)cc2Cl)c1. The molecule has 0 spiro atoms. The summed E-state index contributed by atoms with van der Waals surface area (Å²) in [6.45, 7) is 2.27. The molecule has 0 atom stereocenters. The van der Waals surface area contributed by atoms with Crippen LogP contribution in [0.25, 0.3) is 0 Å². The summed E-state index contributed by atoms with van der Waals surface area (Å²) in [5.74, 6) is -0.331. The second kappa shape index (κ2) is 20.5. The van der Waals surface area contributed by atoms with Crippen LogP contribution in [0.2, 0.25) is 10.0 Å². The number of nitrogens with zero attached hydrogens (tertiary/aromatic N) is 1. The molecule has 7 heteroatoms. The van der Waals surface area contributed by atoms with Crippen molar-refractivity contribution in [3.63, 3.8) is 0 Å². The number of carbonyl (C=O) groups excluding carboxylic acids is 2. The number of carbonyl (C=O) groups is 2. The van der Waals surface area contributed by atoms with Crippen molar-refractivity contribution in [2.75, 3.05) is 0 Å². The van der Waals surface area contributed by atoms with Gasteiger partial charge in [0, 0.05) is 11.4 Å². The van der Waals surface area contributed by atoms with Crippen LogP contribution in [-0.2, 0) is 4.79 Å². The molecule has 0 aromatic heterocycles. The van der Waals surface area contributed by atoms with Crippen molar-refractivity contribution in [2.45, 2.75) is 110 Å². The first-order valence-corrected chi connectivity index (χ1v) is 15.3. The Balaban J connectivity index is 1.52. The molecule has 0 heterocycles. The lowest BCUT2D eigenvalue weighted by Gasteiger charge is -2.07. The Kier molecular flexibility index (Phi) is 17.3. The van der Waals surface area contributed by atoms with E-state index in [-0.39, 0.29) is 16.5 Å². The number of halogens is 2. The molecule has 0 aliphatic carbocycles. The molecule has 2 rings (SSSR count). The van der Waals surface area contributed by atoms with Gasteiger partial charge in [-0.1, -0.05) is 132 Å². The van der Waals surface area contributed by atoms with Crippen molar-refractivity contribution in [1.29, 1.82) is 0 Å². The van der Waals surface area contributed by atoms with Gasteiger partial charge in [0.2, 0.25) is 5.91 Å². The maximum absolute atomic E-state index is 12.4. The quantitative estimate of drug-likeness (QED) is 0.0562. The molecule has 0 fully saturated rings. The summed E-state index contributed by atoms with van der Waals surface area (Å²) in [6.07, 6.45) is 21.5. The zero-order chi connectivity index (χ0) is 28.1. The number of ether oxygens (including phenoxy) is 1. The largest absolute Gasteiger partial charge is 0.423 e. The fourth-order valence-electron chi connectivity index (χ4n) is 4.37. The third-order valence-electron chi connectivity index (χ3n) is 6.63. The molecule has 0 aliphatic heterocycles. The highest BCUT2D eigenvalue weighted by atomic mass is 35.5. The minimum absolute atomic E-state index is 0.0964. The minimum Gasteiger partial charge on any atom is -0.423 e. The molecular weight excluding hydrogens is 531 g/mol. The zero-order valence-corrected chi connectivity index (χ0v) is 24.9. The van der Waals surface area contributed by atoms with Gasteiger partial charge in [-0.15, -0.1) is 0 Å². The lowest BCUT2D eigenvalue weighted by molar-refractivity contribution is -0.121. The second-order valence-electron chi connectivity index (χ2n) is 10.1. The predicted molar refractivity (Wildman–Crippen MR) is 163 cm³/mol. The molecule has 5 nitrogen and oxygen atoms in total. The third kappa shape index (κ3) is 15.1. The number of hydrogen-bond acceptors (Lipinski definition) is 4. The normalized spacial score (nSPS) is 11.2. The summed E-state index contributed by atoms with van der Waals surface area (Å²) in [5, 5.41) is 4.70. The minimum atomic E-state index is -0.581. The molecule has 2 aromatic rings. The third-order valence-corrected chi connectivity index (χ3v) is 7.18. The first kappa shape index (κ1) is 32.8. The summed E-state index contributed by atoms with van der Waals surface area (Å²) < 4.78 is 5.41. The van der Waals surface area contributed by atoms with Crippen molar-refractivity contribution in [2.24, 2.45) is 5.10 Å². The lowest BCUT2D eigenvalue weighted by Crippen LogP contribution is -2.16. The summed E-state index contributed by atoms with van der Waals surface area (Å²) in [5.41, 5.74) is 3.49.